The third kappa shape index (κ3) is 6.40. The van der Waals surface area contributed by atoms with Crippen LogP contribution in [-0.4, -0.2) is 48.1 Å². The molecule has 136 valence electrons. The highest BCUT2D eigenvalue weighted by Crippen LogP contribution is 2.13. The first kappa shape index (κ1) is 19.2. The van der Waals surface area contributed by atoms with Crippen LogP contribution in [0.25, 0.3) is 0 Å². The minimum absolute atomic E-state index is 0.521. The highest BCUT2D eigenvalue weighted by Gasteiger charge is 2.20. The van der Waals surface area contributed by atoms with Crippen molar-refractivity contribution in [2.45, 2.75) is 59.5 Å². The lowest BCUT2D eigenvalue weighted by Crippen LogP contribution is -2.49. The molecule has 0 amide bonds. The molecule has 2 N–H and O–H groups in total. The summed E-state index contributed by atoms with van der Waals surface area (Å²) in [6, 6.07) is 0.521. The van der Waals surface area contributed by atoms with Gasteiger partial charge in [0.1, 0.15) is 0 Å². The third-order valence-corrected chi connectivity index (χ3v) is 5.24. The van der Waals surface area contributed by atoms with E-state index in [-0.39, 0.29) is 0 Å². The van der Waals surface area contributed by atoms with Gasteiger partial charge in [-0.2, -0.15) is 0 Å². The molecule has 1 aromatic heterocycles. The number of hydrogen-bond donors (Lipinski definition) is 2. The zero-order chi connectivity index (χ0) is 17.4. The van der Waals surface area contributed by atoms with E-state index in [1.807, 2.05) is 0 Å². The maximum atomic E-state index is 4.72. The lowest BCUT2D eigenvalue weighted by molar-refractivity contribution is 0.187. The van der Waals surface area contributed by atoms with E-state index in [1.165, 1.54) is 37.5 Å². The molecule has 0 saturated carbocycles. The molecule has 0 bridgehead atoms. The summed E-state index contributed by atoms with van der Waals surface area (Å²) >= 11 is 1.73. The van der Waals surface area contributed by atoms with E-state index >= 15 is 0 Å². The second-order valence-corrected chi connectivity index (χ2v) is 7.84. The molecule has 2 heterocycles. The minimum Gasteiger partial charge on any atom is -0.357 e. The molecule has 0 aliphatic carbocycles. The van der Waals surface area contributed by atoms with E-state index < -0.39 is 0 Å². The molecule has 0 unspecified atom stereocenters. The average molecular weight is 352 g/mol. The first-order chi connectivity index (χ1) is 11.6. The summed E-state index contributed by atoms with van der Waals surface area (Å²) in [5, 5.41) is 10.3. The van der Waals surface area contributed by atoms with Crippen molar-refractivity contribution in [3.05, 3.63) is 16.1 Å². The van der Waals surface area contributed by atoms with E-state index in [4.69, 9.17) is 4.99 Å². The zero-order valence-electron chi connectivity index (χ0n) is 15.6. The maximum Gasteiger partial charge on any atom is 0.191 e. The van der Waals surface area contributed by atoms with Gasteiger partial charge >= 0.3 is 0 Å². The first-order valence-corrected chi connectivity index (χ1v) is 10.2. The summed E-state index contributed by atoms with van der Waals surface area (Å²) in [5.74, 6) is 1.67. The monoisotopic (exact) mass is 351 g/mol. The zero-order valence-corrected chi connectivity index (χ0v) is 16.5. The van der Waals surface area contributed by atoms with Crippen LogP contribution in [-0.2, 0) is 13.0 Å². The fraction of sp³-hybridized carbons (Fsp3) is 0.778. The largest absolute Gasteiger partial charge is 0.357 e. The smallest absolute Gasteiger partial charge is 0.191 e. The molecule has 0 aromatic carbocycles. The molecular formula is C18H33N5S. The number of rotatable bonds is 7. The number of piperidine rings is 1. The number of thiazole rings is 1. The third-order valence-electron chi connectivity index (χ3n) is 4.20. The van der Waals surface area contributed by atoms with E-state index in [9.17, 15) is 0 Å². The second kappa shape index (κ2) is 9.99. The van der Waals surface area contributed by atoms with Gasteiger partial charge in [0.05, 0.1) is 17.2 Å². The predicted molar refractivity (Wildman–Crippen MR) is 104 cm³/mol. The predicted octanol–water partition coefficient (Wildman–Crippen LogP) is 2.88. The minimum atomic E-state index is 0.521. The quantitative estimate of drug-likeness (QED) is 0.586. The van der Waals surface area contributed by atoms with Gasteiger partial charge in [-0.05, 0) is 32.1 Å². The Morgan fingerprint density at radius 3 is 2.71 bits per heavy atom. The molecule has 0 radical (unpaired) electrons. The number of aromatic nitrogens is 1. The van der Waals surface area contributed by atoms with Gasteiger partial charge in [-0.1, -0.05) is 20.8 Å². The van der Waals surface area contributed by atoms with Crippen molar-refractivity contribution in [3.8, 4) is 0 Å². The van der Waals surface area contributed by atoms with Gasteiger partial charge in [0, 0.05) is 37.6 Å². The number of guanidine groups is 1. The summed E-state index contributed by atoms with van der Waals surface area (Å²) < 4.78 is 0. The molecule has 1 saturated heterocycles. The molecule has 0 atom stereocenters. The number of likely N-dealkylation sites (tertiary alicyclic amines) is 1. The van der Waals surface area contributed by atoms with E-state index in [0.717, 1.165) is 30.5 Å². The molecule has 2 rings (SSSR count). The number of aliphatic imine (C=N–C) groups is 1. The van der Waals surface area contributed by atoms with Crippen LogP contribution in [0.5, 0.6) is 0 Å². The molecule has 1 aromatic rings. The Labute approximate surface area is 151 Å². The van der Waals surface area contributed by atoms with Crippen molar-refractivity contribution in [2.24, 2.45) is 10.9 Å². The van der Waals surface area contributed by atoms with Gasteiger partial charge < -0.3 is 15.5 Å². The fourth-order valence-corrected chi connectivity index (χ4v) is 3.77. The Morgan fingerprint density at radius 1 is 1.38 bits per heavy atom. The van der Waals surface area contributed by atoms with Crippen molar-refractivity contribution in [3.63, 3.8) is 0 Å². The van der Waals surface area contributed by atoms with Crippen LogP contribution in [0, 0.1) is 5.92 Å². The number of nitrogens with one attached hydrogen (secondary N) is 2. The Morgan fingerprint density at radius 2 is 2.12 bits per heavy atom. The van der Waals surface area contributed by atoms with E-state index in [1.54, 1.807) is 11.3 Å². The van der Waals surface area contributed by atoms with Crippen LogP contribution >= 0.6 is 11.3 Å². The van der Waals surface area contributed by atoms with Crippen molar-refractivity contribution >= 4 is 17.3 Å². The molecule has 24 heavy (non-hydrogen) atoms. The van der Waals surface area contributed by atoms with Gasteiger partial charge in [-0.3, -0.25) is 0 Å². The normalized spacial score (nSPS) is 17.5. The number of nitrogens with zero attached hydrogens (tertiary/aromatic N) is 3. The van der Waals surface area contributed by atoms with Gasteiger partial charge in [-0.15, -0.1) is 11.3 Å². The summed E-state index contributed by atoms with van der Waals surface area (Å²) in [6.07, 6.45) is 3.38. The van der Waals surface area contributed by atoms with Gasteiger partial charge in [0.25, 0.3) is 0 Å². The Kier molecular flexibility index (Phi) is 7.99. The number of hydrogen-bond acceptors (Lipinski definition) is 4. The summed E-state index contributed by atoms with van der Waals surface area (Å²) in [4.78, 5) is 11.9. The van der Waals surface area contributed by atoms with Crippen LogP contribution in [0.3, 0.4) is 0 Å². The number of aryl methyl sites for hydroxylation is 1. The highest BCUT2D eigenvalue weighted by molar-refractivity contribution is 7.09. The molecule has 1 aliphatic rings. The molecule has 0 spiro atoms. The lowest BCUT2D eigenvalue weighted by Gasteiger charge is -2.34. The maximum absolute atomic E-state index is 4.72. The molecule has 6 heteroatoms. The highest BCUT2D eigenvalue weighted by atomic mass is 32.1. The van der Waals surface area contributed by atoms with Crippen molar-refractivity contribution < 1.29 is 0 Å². The fourth-order valence-electron chi connectivity index (χ4n) is 3.03. The molecule has 1 fully saturated rings. The van der Waals surface area contributed by atoms with Gasteiger partial charge in [-0.25, -0.2) is 9.98 Å². The summed E-state index contributed by atoms with van der Waals surface area (Å²) in [6.45, 7) is 14.0. The SMILES string of the molecule is CCNC(=NCc1csc(CC)n1)NC1CCN(CC(C)C)CC1. The van der Waals surface area contributed by atoms with E-state index in [2.05, 4.69) is 53.6 Å². The average Bonchev–Trinajstić information content (AvgIpc) is 3.02. The Bertz CT molecular complexity index is 503. The van der Waals surface area contributed by atoms with Crippen LogP contribution in [0.2, 0.25) is 0 Å². The van der Waals surface area contributed by atoms with Crippen molar-refractivity contribution in [2.75, 3.05) is 26.2 Å². The molecule has 1 aliphatic heterocycles. The van der Waals surface area contributed by atoms with Crippen molar-refractivity contribution in [1.82, 2.24) is 20.5 Å². The standard InChI is InChI=1S/C18H33N5S/c1-5-17-21-16(13-24-17)11-20-18(19-6-2)22-15-7-9-23(10-8-15)12-14(3)4/h13-15H,5-12H2,1-4H3,(H2,19,20,22). The van der Waals surface area contributed by atoms with Gasteiger partial charge in [0.15, 0.2) is 5.96 Å². The second-order valence-electron chi connectivity index (χ2n) is 6.89. The molecule has 5 nitrogen and oxygen atoms in total. The van der Waals surface area contributed by atoms with Gasteiger partial charge in [0.2, 0.25) is 0 Å². The topological polar surface area (TPSA) is 52.6 Å². The first-order valence-electron chi connectivity index (χ1n) is 9.31. The van der Waals surface area contributed by atoms with Crippen LogP contribution in [0.1, 0.15) is 51.2 Å². The Hall–Kier alpha value is -1.14. The summed E-state index contributed by atoms with van der Waals surface area (Å²) in [5.41, 5.74) is 1.07. The van der Waals surface area contributed by atoms with Crippen molar-refractivity contribution in [1.29, 1.82) is 0 Å². The summed E-state index contributed by atoms with van der Waals surface area (Å²) in [7, 11) is 0. The lowest BCUT2D eigenvalue weighted by atomic mass is 10.0. The van der Waals surface area contributed by atoms with Crippen LogP contribution < -0.4 is 10.6 Å². The van der Waals surface area contributed by atoms with E-state index in [0.29, 0.717) is 12.6 Å². The van der Waals surface area contributed by atoms with Crippen LogP contribution in [0.15, 0.2) is 10.4 Å². The van der Waals surface area contributed by atoms with Crippen LogP contribution in [0.4, 0.5) is 0 Å². The molecular weight excluding hydrogens is 318 g/mol. The Balaban J connectivity index is 1.83.